The number of aryl methyl sites for hydroxylation is 2. The number of esters is 1. The number of carbonyl (C=O) groups is 2. The van der Waals surface area contributed by atoms with Crippen LogP contribution in [0.2, 0.25) is 0 Å². The number of carbonyl (C=O) groups excluding carboxylic acids is 2. The van der Waals surface area contributed by atoms with Crippen molar-refractivity contribution in [3.63, 3.8) is 0 Å². The van der Waals surface area contributed by atoms with Gasteiger partial charge in [-0.25, -0.2) is 13.2 Å². The van der Waals surface area contributed by atoms with E-state index in [0.717, 1.165) is 11.1 Å². The van der Waals surface area contributed by atoms with Crippen LogP contribution in [0.15, 0.2) is 77.7 Å². The second-order valence-corrected chi connectivity index (χ2v) is 8.96. The Kier molecular flexibility index (Phi) is 6.56. The Hall–Kier alpha value is -3.45. The number of ketones is 1. The molecule has 0 aromatic heterocycles. The van der Waals surface area contributed by atoms with E-state index < -0.39 is 22.1 Å². The van der Waals surface area contributed by atoms with Crippen LogP contribution in [0.5, 0.6) is 0 Å². The van der Waals surface area contributed by atoms with Crippen LogP contribution < -0.4 is 4.72 Å². The van der Waals surface area contributed by atoms with E-state index in [2.05, 4.69) is 4.72 Å². The van der Waals surface area contributed by atoms with Crippen LogP contribution >= 0.6 is 0 Å². The summed E-state index contributed by atoms with van der Waals surface area (Å²) in [4.78, 5) is 25.0. The fourth-order valence-electron chi connectivity index (χ4n) is 2.84. The molecule has 0 heterocycles. The molecule has 0 amide bonds. The number of anilines is 1. The minimum Gasteiger partial charge on any atom is -0.451 e. The Balaban J connectivity index is 1.65. The highest BCUT2D eigenvalue weighted by molar-refractivity contribution is 7.92. The normalized spacial score (nSPS) is 12.1. The van der Waals surface area contributed by atoms with Crippen molar-refractivity contribution >= 4 is 27.5 Å². The lowest BCUT2D eigenvalue weighted by Gasteiger charge is -2.13. The van der Waals surface area contributed by atoms with Gasteiger partial charge in [-0.15, -0.1) is 0 Å². The first-order chi connectivity index (χ1) is 14.7. The summed E-state index contributed by atoms with van der Waals surface area (Å²) in [5, 5.41) is 0. The molecule has 1 N–H and O–H groups in total. The molecular weight excluding hydrogens is 414 g/mol. The van der Waals surface area contributed by atoms with Gasteiger partial charge < -0.3 is 4.74 Å². The maximum atomic E-state index is 12.5. The summed E-state index contributed by atoms with van der Waals surface area (Å²) < 4.78 is 32.7. The molecule has 31 heavy (non-hydrogen) atoms. The topological polar surface area (TPSA) is 89.5 Å². The van der Waals surface area contributed by atoms with Gasteiger partial charge in [0, 0.05) is 11.3 Å². The second-order valence-electron chi connectivity index (χ2n) is 7.27. The number of hydrogen-bond acceptors (Lipinski definition) is 5. The van der Waals surface area contributed by atoms with Crippen molar-refractivity contribution in [1.82, 2.24) is 0 Å². The highest BCUT2D eigenvalue weighted by atomic mass is 32.2. The molecule has 0 radical (unpaired) electrons. The molecule has 7 heteroatoms. The van der Waals surface area contributed by atoms with Crippen LogP contribution in [-0.2, 0) is 14.8 Å². The maximum absolute atomic E-state index is 12.5. The van der Waals surface area contributed by atoms with Crippen LogP contribution in [0.1, 0.15) is 38.8 Å². The molecule has 0 spiro atoms. The summed E-state index contributed by atoms with van der Waals surface area (Å²) >= 11 is 0. The van der Waals surface area contributed by atoms with Gasteiger partial charge in [0.1, 0.15) is 0 Å². The molecule has 1 unspecified atom stereocenters. The molecule has 0 aliphatic heterocycles. The summed E-state index contributed by atoms with van der Waals surface area (Å²) in [5.74, 6) is -0.961. The number of hydrogen-bond donors (Lipinski definition) is 1. The first-order valence-electron chi connectivity index (χ1n) is 9.67. The van der Waals surface area contributed by atoms with Crippen LogP contribution in [-0.4, -0.2) is 26.3 Å². The Labute approximate surface area is 181 Å². The van der Waals surface area contributed by atoms with E-state index >= 15 is 0 Å². The first kappa shape index (κ1) is 22.2. The molecule has 1 atom stereocenters. The predicted octanol–water partition coefficient (Wildman–Crippen LogP) is 4.53. The predicted molar refractivity (Wildman–Crippen MR) is 119 cm³/mol. The van der Waals surface area contributed by atoms with Crippen LogP contribution in [0.25, 0.3) is 0 Å². The van der Waals surface area contributed by atoms with Gasteiger partial charge in [-0.1, -0.05) is 47.5 Å². The van der Waals surface area contributed by atoms with Gasteiger partial charge in [0.25, 0.3) is 10.0 Å². The van der Waals surface area contributed by atoms with E-state index in [9.17, 15) is 18.0 Å². The number of Topliss-reactive ketones (excluding diaryl/α,β-unsaturated/α-hetero) is 1. The number of ether oxygens (including phenoxy) is 1. The van der Waals surface area contributed by atoms with Crippen LogP contribution in [0.3, 0.4) is 0 Å². The zero-order valence-corrected chi connectivity index (χ0v) is 18.3. The van der Waals surface area contributed by atoms with Crippen molar-refractivity contribution in [3.05, 3.63) is 95.1 Å². The van der Waals surface area contributed by atoms with Crippen LogP contribution in [0.4, 0.5) is 5.69 Å². The van der Waals surface area contributed by atoms with Crippen LogP contribution in [0, 0.1) is 13.8 Å². The van der Waals surface area contributed by atoms with E-state index in [1.54, 1.807) is 24.3 Å². The van der Waals surface area contributed by atoms with E-state index in [1.165, 1.54) is 43.3 Å². The summed E-state index contributed by atoms with van der Waals surface area (Å²) in [5.41, 5.74) is 2.96. The molecule has 3 aromatic carbocycles. The van der Waals surface area contributed by atoms with Crippen molar-refractivity contribution in [3.8, 4) is 0 Å². The van der Waals surface area contributed by atoms with E-state index in [4.69, 9.17) is 4.74 Å². The quantitative estimate of drug-likeness (QED) is 0.433. The Morgan fingerprint density at radius 2 is 1.26 bits per heavy atom. The van der Waals surface area contributed by atoms with Gasteiger partial charge in [-0.05, 0) is 57.2 Å². The van der Waals surface area contributed by atoms with Crippen molar-refractivity contribution < 1.29 is 22.7 Å². The second kappa shape index (κ2) is 9.14. The third-order valence-electron chi connectivity index (χ3n) is 4.69. The Morgan fingerprint density at radius 1 is 0.774 bits per heavy atom. The van der Waals surface area contributed by atoms with Crippen molar-refractivity contribution in [2.45, 2.75) is 31.8 Å². The summed E-state index contributed by atoms with van der Waals surface area (Å²) in [7, 11) is -3.74. The van der Waals surface area contributed by atoms with Gasteiger partial charge >= 0.3 is 5.97 Å². The third kappa shape index (κ3) is 5.58. The van der Waals surface area contributed by atoms with Gasteiger partial charge in [0.2, 0.25) is 5.78 Å². The lowest BCUT2D eigenvalue weighted by Crippen LogP contribution is -2.24. The lowest BCUT2D eigenvalue weighted by atomic mass is 10.1. The number of sulfonamides is 1. The van der Waals surface area contributed by atoms with Gasteiger partial charge in [-0.2, -0.15) is 0 Å². The van der Waals surface area contributed by atoms with Crippen molar-refractivity contribution in [1.29, 1.82) is 0 Å². The Bertz CT molecular complexity index is 1180. The molecule has 160 valence electrons. The fraction of sp³-hybridized carbons (Fsp3) is 0.167. The minimum atomic E-state index is -3.74. The number of nitrogens with one attached hydrogen (secondary N) is 1. The molecule has 0 fully saturated rings. The molecule has 0 aliphatic rings. The van der Waals surface area contributed by atoms with Gasteiger partial charge in [-0.3, -0.25) is 9.52 Å². The van der Waals surface area contributed by atoms with Crippen molar-refractivity contribution in [2.24, 2.45) is 0 Å². The number of benzene rings is 3. The monoisotopic (exact) mass is 437 g/mol. The SMILES string of the molecule is Cc1ccc(C(=O)C(C)OC(=O)c2ccc(NS(=O)(=O)c3ccc(C)cc3)cc2)cc1. The third-order valence-corrected chi connectivity index (χ3v) is 6.09. The molecule has 0 bridgehead atoms. The van der Waals surface area contributed by atoms with E-state index in [1.807, 2.05) is 26.0 Å². The largest absolute Gasteiger partial charge is 0.451 e. The molecule has 0 aliphatic carbocycles. The molecule has 6 nitrogen and oxygen atoms in total. The summed E-state index contributed by atoms with van der Waals surface area (Å²) in [6.45, 7) is 5.31. The minimum absolute atomic E-state index is 0.144. The smallest absolute Gasteiger partial charge is 0.338 e. The van der Waals surface area contributed by atoms with E-state index in [-0.39, 0.29) is 16.2 Å². The maximum Gasteiger partial charge on any atom is 0.338 e. The Morgan fingerprint density at radius 3 is 1.81 bits per heavy atom. The zero-order chi connectivity index (χ0) is 22.6. The lowest BCUT2D eigenvalue weighted by molar-refractivity contribution is 0.0319. The fourth-order valence-corrected chi connectivity index (χ4v) is 3.90. The zero-order valence-electron chi connectivity index (χ0n) is 17.5. The standard InChI is InChI=1S/C24H23NO5S/c1-16-4-8-19(9-5-16)23(26)18(3)30-24(27)20-10-12-21(13-11-20)25-31(28,29)22-14-6-17(2)7-15-22/h4-15,18,25H,1-3H3. The molecule has 0 saturated carbocycles. The molecule has 3 rings (SSSR count). The van der Waals surface area contributed by atoms with Gasteiger partial charge in [0.05, 0.1) is 10.5 Å². The average molecular weight is 438 g/mol. The highest BCUT2D eigenvalue weighted by Crippen LogP contribution is 2.18. The van der Waals surface area contributed by atoms with Gasteiger partial charge in [0.15, 0.2) is 6.10 Å². The van der Waals surface area contributed by atoms with Crippen molar-refractivity contribution in [2.75, 3.05) is 4.72 Å². The highest BCUT2D eigenvalue weighted by Gasteiger charge is 2.21. The van der Waals surface area contributed by atoms with E-state index in [0.29, 0.717) is 11.3 Å². The molecule has 3 aromatic rings. The molecule has 0 saturated heterocycles. The average Bonchev–Trinajstić information content (AvgIpc) is 2.74. The summed E-state index contributed by atoms with van der Waals surface area (Å²) in [6, 6.07) is 19.3. The summed E-state index contributed by atoms with van der Waals surface area (Å²) in [6.07, 6.45) is -0.949. The molecular formula is C24H23NO5S. The first-order valence-corrected chi connectivity index (χ1v) is 11.2. The number of rotatable bonds is 7.